The number of nitrogens with two attached hydrogens (primary N) is 1. The van der Waals surface area contributed by atoms with Crippen molar-refractivity contribution in [3.63, 3.8) is 0 Å². The summed E-state index contributed by atoms with van der Waals surface area (Å²) in [5.74, 6) is 1.71. The maximum atomic E-state index is 6.76. The Morgan fingerprint density at radius 2 is 1.65 bits per heavy atom. The molecule has 0 aliphatic heterocycles. The van der Waals surface area contributed by atoms with Crippen LogP contribution in [0, 0.1) is 23.2 Å². The van der Waals surface area contributed by atoms with Gasteiger partial charge in [-0.3, -0.25) is 0 Å². The molecule has 0 spiro atoms. The molecule has 3 saturated carbocycles. The van der Waals surface area contributed by atoms with E-state index in [0.29, 0.717) is 30.4 Å². The van der Waals surface area contributed by atoms with E-state index in [-0.39, 0.29) is 16.9 Å². The Labute approximate surface area is 229 Å². The van der Waals surface area contributed by atoms with Gasteiger partial charge in [0.2, 0.25) is 0 Å². The normalized spacial score (nSPS) is 35.6. The lowest BCUT2D eigenvalue weighted by atomic mass is 9.48. The summed E-state index contributed by atoms with van der Waals surface area (Å²) in [7, 11) is 0. The molecule has 5 rings (SSSR count). The number of fused-ring (bicyclic) bond motifs is 2. The average Bonchev–Trinajstić information content (AvgIpc) is 2.94. The molecular weight excluding hydrogens is 472 g/mol. The summed E-state index contributed by atoms with van der Waals surface area (Å²) in [5.41, 5.74) is 8.90. The maximum absolute atomic E-state index is 6.76. The fourth-order valence-corrected chi connectivity index (χ4v) is 8.60. The number of benzene rings is 2. The average molecular weight is 519 g/mol. The van der Waals surface area contributed by atoms with Gasteiger partial charge < -0.3 is 15.8 Å². The van der Waals surface area contributed by atoms with E-state index in [1.807, 2.05) is 0 Å². The molecule has 0 aromatic heterocycles. The third-order valence-electron chi connectivity index (χ3n) is 10.1. The van der Waals surface area contributed by atoms with E-state index < -0.39 is 0 Å². The van der Waals surface area contributed by atoms with Gasteiger partial charge in [0.15, 0.2) is 0 Å². The predicted molar refractivity (Wildman–Crippen MR) is 158 cm³/mol. The minimum atomic E-state index is 0.0211. The van der Waals surface area contributed by atoms with E-state index >= 15 is 0 Å². The molecule has 2 aromatic carbocycles. The summed E-state index contributed by atoms with van der Waals surface area (Å²) in [6, 6.07) is 22.5. The molecule has 3 aliphatic rings. The molecule has 0 amide bonds. The highest BCUT2D eigenvalue weighted by Crippen LogP contribution is 2.60. The van der Waals surface area contributed by atoms with Gasteiger partial charge in [0.1, 0.15) is 0 Å². The summed E-state index contributed by atoms with van der Waals surface area (Å²) in [5, 5.41) is 3.92. The molecule has 2 bridgehead atoms. The van der Waals surface area contributed by atoms with Crippen LogP contribution in [0.5, 0.6) is 0 Å². The van der Waals surface area contributed by atoms with Gasteiger partial charge in [-0.2, -0.15) is 0 Å². The van der Waals surface area contributed by atoms with Crippen molar-refractivity contribution in [3.05, 3.63) is 71.8 Å². The molecule has 3 N–H and O–H groups in total. The minimum absolute atomic E-state index is 0.0211. The molecule has 0 heterocycles. The quantitative estimate of drug-likeness (QED) is 0.363. The number of hydrogen-bond donors (Lipinski definition) is 2. The fraction of sp³-hybridized carbons (Fsp3) is 0.606. The zero-order valence-electron chi connectivity index (χ0n) is 22.8. The van der Waals surface area contributed by atoms with Crippen molar-refractivity contribution >= 4 is 17.2 Å². The van der Waals surface area contributed by atoms with Crippen LogP contribution >= 0.6 is 12.2 Å². The second kappa shape index (κ2) is 11.6. The highest BCUT2D eigenvalue weighted by Gasteiger charge is 2.56. The lowest BCUT2D eigenvalue weighted by Crippen LogP contribution is -2.57. The molecule has 0 saturated heterocycles. The number of thiocarbonyl (C=S) groups is 1. The third kappa shape index (κ3) is 5.67. The zero-order chi connectivity index (χ0) is 25.9. The molecule has 3 aliphatic carbocycles. The highest BCUT2D eigenvalue weighted by atomic mass is 32.1. The van der Waals surface area contributed by atoms with Gasteiger partial charge in [0.25, 0.3) is 0 Å². The lowest BCUT2D eigenvalue weighted by molar-refractivity contribution is -0.105. The van der Waals surface area contributed by atoms with E-state index in [2.05, 4.69) is 79.8 Å². The number of ether oxygens (including phenoxy) is 1. The SMILES string of the molecule is CCC1(C(=S)NC2CCC(CN)CC2)CC2CC(c3ccccc3)(CC(C)C2OCc2ccccc2)C1. The van der Waals surface area contributed by atoms with Crippen molar-refractivity contribution in [1.82, 2.24) is 5.32 Å². The van der Waals surface area contributed by atoms with Crippen LogP contribution in [-0.2, 0) is 16.8 Å². The van der Waals surface area contributed by atoms with Crippen molar-refractivity contribution in [3.8, 4) is 0 Å². The van der Waals surface area contributed by atoms with Gasteiger partial charge in [0, 0.05) is 11.5 Å². The Morgan fingerprint density at radius 1 is 0.973 bits per heavy atom. The molecule has 5 atom stereocenters. The van der Waals surface area contributed by atoms with Gasteiger partial charge in [-0.05, 0) is 98.6 Å². The highest BCUT2D eigenvalue weighted by molar-refractivity contribution is 7.80. The van der Waals surface area contributed by atoms with Crippen LogP contribution in [0.4, 0.5) is 0 Å². The van der Waals surface area contributed by atoms with Crippen molar-refractivity contribution in [2.75, 3.05) is 6.54 Å². The topological polar surface area (TPSA) is 47.3 Å². The van der Waals surface area contributed by atoms with Crippen molar-refractivity contribution in [2.24, 2.45) is 28.9 Å². The molecule has 3 fully saturated rings. The number of nitrogens with one attached hydrogen (secondary N) is 1. The Bertz CT molecular complexity index is 1020. The lowest BCUT2D eigenvalue weighted by Gasteiger charge is -2.58. The number of rotatable bonds is 8. The second-order valence-corrected chi connectivity index (χ2v) is 12.9. The third-order valence-corrected chi connectivity index (χ3v) is 10.6. The monoisotopic (exact) mass is 518 g/mol. The summed E-state index contributed by atoms with van der Waals surface area (Å²) in [6.45, 7) is 6.30. The first-order chi connectivity index (χ1) is 18.0. The summed E-state index contributed by atoms with van der Waals surface area (Å²) in [6.07, 6.45) is 10.8. The van der Waals surface area contributed by atoms with Gasteiger partial charge in [-0.1, -0.05) is 86.7 Å². The first kappa shape index (κ1) is 26.8. The maximum Gasteiger partial charge on any atom is 0.0818 e. The van der Waals surface area contributed by atoms with E-state index in [4.69, 9.17) is 22.7 Å². The Hall–Kier alpha value is -1.75. The predicted octanol–water partition coefficient (Wildman–Crippen LogP) is 7.18. The van der Waals surface area contributed by atoms with Crippen LogP contribution in [0.25, 0.3) is 0 Å². The Balaban J connectivity index is 1.40. The Morgan fingerprint density at radius 3 is 2.30 bits per heavy atom. The van der Waals surface area contributed by atoms with Gasteiger partial charge in [0.05, 0.1) is 17.7 Å². The second-order valence-electron chi connectivity index (χ2n) is 12.5. The molecule has 0 radical (unpaired) electrons. The molecule has 37 heavy (non-hydrogen) atoms. The molecule has 3 nitrogen and oxygen atoms in total. The van der Waals surface area contributed by atoms with E-state index in [0.717, 1.165) is 30.8 Å². The van der Waals surface area contributed by atoms with Crippen LogP contribution < -0.4 is 11.1 Å². The van der Waals surface area contributed by atoms with Crippen molar-refractivity contribution < 1.29 is 4.74 Å². The Kier molecular flexibility index (Phi) is 8.38. The molecular formula is C33H46N2OS. The van der Waals surface area contributed by atoms with Gasteiger partial charge in [-0.15, -0.1) is 0 Å². The van der Waals surface area contributed by atoms with Crippen LogP contribution in [0.15, 0.2) is 60.7 Å². The van der Waals surface area contributed by atoms with Crippen molar-refractivity contribution in [1.29, 1.82) is 0 Å². The summed E-state index contributed by atoms with van der Waals surface area (Å²) < 4.78 is 6.76. The van der Waals surface area contributed by atoms with Gasteiger partial charge in [-0.25, -0.2) is 0 Å². The van der Waals surface area contributed by atoms with Crippen LogP contribution in [0.3, 0.4) is 0 Å². The van der Waals surface area contributed by atoms with Crippen LogP contribution in [0.2, 0.25) is 0 Å². The number of hydrogen-bond acceptors (Lipinski definition) is 3. The first-order valence-electron chi connectivity index (χ1n) is 14.7. The smallest absolute Gasteiger partial charge is 0.0818 e. The standard InChI is InChI=1S/C33H46N2OS/c1-3-32(31(37)35-29-16-14-25(21-34)15-17-29)19-27-20-33(23-32,28-12-8-5-9-13-28)18-24(2)30(27)36-22-26-10-6-4-7-11-26/h4-13,24-25,27,29-30H,3,14-23,34H2,1-2H3,(H,35,37). The van der Waals surface area contributed by atoms with E-state index in [1.165, 1.54) is 49.7 Å². The van der Waals surface area contributed by atoms with Gasteiger partial charge >= 0.3 is 0 Å². The first-order valence-corrected chi connectivity index (χ1v) is 15.1. The van der Waals surface area contributed by atoms with E-state index in [1.54, 1.807) is 0 Å². The minimum Gasteiger partial charge on any atom is -0.376 e. The molecule has 4 heteroatoms. The molecule has 5 unspecified atom stereocenters. The largest absolute Gasteiger partial charge is 0.376 e. The van der Waals surface area contributed by atoms with Crippen molar-refractivity contribution in [2.45, 2.75) is 95.8 Å². The zero-order valence-corrected chi connectivity index (χ0v) is 23.6. The van der Waals surface area contributed by atoms with E-state index in [9.17, 15) is 0 Å². The summed E-state index contributed by atoms with van der Waals surface area (Å²) in [4.78, 5) is 1.12. The molecule has 2 aromatic rings. The van der Waals surface area contributed by atoms with Crippen LogP contribution in [-0.4, -0.2) is 23.7 Å². The molecule has 200 valence electrons. The van der Waals surface area contributed by atoms with Crippen LogP contribution in [0.1, 0.15) is 82.8 Å². The fourth-order valence-electron chi connectivity index (χ4n) is 8.13. The summed E-state index contributed by atoms with van der Waals surface area (Å²) >= 11 is 6.33.